The number of amides is 1. The minimum absolute atomic E-state index is 0.0605. The summed E-state index contributed by atoms with van der Waals surface area (Å²) in [6.07, 6.45) is 9.21. The van der Waals surface area contributed by atoms with Gasteiger partial charge in [-0.15, -0.1) is 0 Å². The van der Waals surface area contributed by atoms with Gasteiger partial charge in [0.2, 0.25) is 5.91 Å². The summed E-state index contributed by atoms with van der Waals surface area (Å²) in [6, 6.07) is 0.370. The predicted octanol–water partition coefficient (Wildman–Crippen LogP) is 1.17. The first kappa shape index (κ1) is 15.1. The first-order valence-corrected chi connectivity index (χ1v) is 9.25. The highest BCUT2D eigenvalue weighted by Crippen LogP contribution is 2.47. The maximum absolute atomic E-state index is 13.0. The number of hydrogen-bond acceptors (Lipinski definition) is 4. The summed E-state index contributed by atoms with van der Waals surface area (Å²) >= 11 is 0. The molecule has 132 valence electrons. The van der Waals surface area contributed by atoms with E-state index in [1.165, 1.54) is 36.4 Å². The van der Waals surface area contributed by atoms with E-state index in [0.717, 1.165) is 31.2 Å². The zero-order valence-corrected chi connectivity index (χ0v) is 14.5. The molecule has 2 unspecified atom stereocenters. The molecule has 4 bridgehead atoms. The second kappa shape index (κ2) is 5.41. The van der Waals surface area contributed by atoms with Gasteiger partial charge in [0.05, 0.1) is 6.20 Å². The smallest absolute Gasteiger partial charge is 0.264 e. The number of fused-ring (bicyclic) bond motifs is 2. The molecule has 2 atom stereocenters. The lowest BCUT2D eigenvalue weighted by Crippen LogP contribution is -2.44. The van der Waals surface area contributed by atoms with Crippen molar-refractivity contribution in [1.29, 1.82) is 0 Å². The van der Waals surface area contributed by atoms with Crippen LogP contribution in [-0.2, 0) is 18.4 Å². The van der Waals surface area contributed by atoms with Crippen LogP contribution in [-0.4, -0.2) is 42.7 Å². The van der Waals surface area contributed by atoms with Crippen LogP contribution >= 0.6 is 0 Å². The number of carbonyl (C=O) groups excluding carboxylic acids is 1. The molecule has 2 aromatic heterocycles. The second-order valence-corrected chi connectivity index (χ2v) is 8.16. The molecule has 4 heterocycles. The molecule has 2 saturated carbocycles. The molecule has 2 aromatic rings. The van der Waals surface area contributed by atoms with Crippen molar-refractivity contribution < 1.29 is 4.79 Å². The Labute approximate surface area is 145 Å². The van der Waals surface area contributed by atoms with Crippen LogP contribution in [0, 0.1) is 17.8 Å². The van der Waals surface area contributed by atoms with Gasteiger partial charge in [-0.25, -0.2) is 4.98 Å². The van der Waals surface area contributed by atoms with E-state index < -0.39 is 0 Å². The molecule has 7 heteroatoms. The Morgan fingerprint density at radius 1 is 1.16 bits per heavy atom. The Morgan fingerprint density at radius 3 is 2.64 bits per heavy atom. The average molecular weight is 341 g/mol. The number of hydrogen-bond donors (Lipinski definition) is 0. The van der Waals surface area contributed by atoms with E-state index in [4.69, 9.17) is 0 Å². The third kappa shape index (κ3) is 2.40. The van der Waals surface area contributed by atoms with E-state index in [1.807, 2.05) is 0 Å². The molecular weight excluding hydrogens is 318 g/mol. The van der Waals surface area contributed by atoms with Gasteiger partial charge in [0.25, 0.3) is 5.56 Å². The predicted molar refractivity (Wildman–Crippen MR) is 91.8 cm³/mol. The van der Waals surface area contributed by atoms with E-state index in [0.29, 0.717) is 23.0 Å². The maximum atomic E-state index is 13.0. The van der Waals surface area contributed by atoms with Crippen molar-refractivity contribution in [2.45, 2.75) is 44.7 Å². The SMILES string of the molecule is Cn1ncc2c(=O)n(CC(=O)N3CC4CC5CC(C4)CC3C5)cnc21. The summed E-state index contributed by atoms with van der Waals surface area (Å²) in [5, 5.41) is 4.55. The van der Waals surface area contributed by atoms with Gasteiger partial charge in [-0.1, -0.05) is 0 Å². The minimum atomic E-state index is -0.188. The highest BCUT2D eigenvalue weighted by molar-refractivity contribution is 5.77. The summed E-state index contributed by atoms with van der Waals surface area (Å²) in [6.45, 7) is 0.947. The largest absolute Gasteiger partial charge is 0.338 e. The fraction of sp³-hybridized carbons (Fsp3) is 0.667. The van der Waals surface area contributed by atoms with Gasteiger partial charge in [-0.3, -0.25) is 18.8 Å². The van der Waals surface area contributed by atoms with E-state index >= 15 is 0 Å². The Morgan fingerprint density at radius 2 is 1.88 bits per heavy atom. The Balaban J connectivity index is 1.42. The maximum Gasteiger partial charge on any atom is 0.264 e. The van der Waals surface area contributed by atoms with Gasteiger partial charge < -0.3 is 4.90 Å². The van der Waals surface area contributed by atoms with Crippen LogP contribution in [0.25, 0.3) is 11.0 Å². The molecule has 0 radical (unpaired) electrons. The van der Waals surface area contributed by atoms with E-state index in [2.05, 4.69) is 15.0 Å². The van der Waals surface area contributed by atoms with Crippen LogP contribution in [0.15, 0.2) is 17.3 Å². The van der Waals surface area contributed by atoms with Gasteiger partial charge in [0.15, 0.2) is 5.65 Å². The van der Waals surface area contributed by atoms with Gasteiger partial charge in [0, 0.05) is 19.6 Å². The van der Waals surface area contributed by atoms with Crippen molar-refractivity contribution in [2.24, 2.45) is 24.8 Å². The Hall–Kier alpha value is -2.18. The molecule has 0 spiro atoms. The quantitative estimate of drug-likeness (QED) is 0.822. The normalized spacial score (nSPS) is 30.8. The highest BCUT2D eigenvalue weighted by atomic mass is 16.2. The molecule has 4 aliphatic rings. The summed E-state index contributed by atoms with van der Waals surface area (Å²) < 4.78 is 3.01. The first-order valence-electron chi connectivity index (χ1n) is 9.25. The summed E-state index contributed by atoms with van der Waals surface area (Å²) in [5.74, 6) is 2.31. The number of aryl methyl sites for hydroxylation is 1. The molecule has 2 aliphatic carbocycles. The van der Waals surface area contributed by atoms with Gasteiger partial charge in [-0.2, -0.15) is 5.10 Å². The third-order valence-electron chi connectivity index (χ3n) is 6.45. The number of nitrogens with zero attached hydrogens (tertiary/aromatic N) is 5. The van der Waals surface area contributed by atoms with Gasteiger partial charge >= 0.3 is 0 Å². The van der Waals surface area contributed by atoms with Crippen molar-refractivity contribution in [3.05, 3.63) is 22.9 Å². The van der Waals surface area contributed by atoms with Crippen molar-refractivity contribution in [3.8, 4) is 0 Å². The summed E-state index contributed by atoms with van der Waals surface area (Å²) in [4.78, 5) is 32.0. The number of aromatic nitrogens is 4. The van der Waals surface area contributed by atoms with Crippen molar-refractivity contribution in [2.75, 3.05) is 6.54 Å². The lowest BCUT2D eigenvalue weighted by atomic mass is 9.68. The molecule has 25 heavy (non-hydrogen) atoms. The van der Waals surface area contributed by atoms with Crippen molar-refractivity contribution in [1.82, 2.24) is 24.2 Å². The number of carbonyl (C=O) groups is 1. The monoisotopic (exact) mass is 341 g/mol. The van der Waals surface area contributed by atoms with Gasteiger partial charge in [-0.05, 0) is 49.9 Å². The van der Waals surface area contributed by atoms with Crippen LogP contribution in [0.1, 0.15) is 32.1 Å². The van der Waals surface area contributed by atoms with Crippen molar-refractivity contribution >= 4 is 16.9 Å². The molecule has 1 amide bonds. The van der Waals surface area contributed by atoms with E-state index in [-0.39, 0.29) is 18.0 Å². The second-order valence-electron chi connectivity index (χ2n) is 8.16. The molecule has 0 N–H and O–H groups in total. The third-order valence-corrected chi connectivity index (χ3v) is 6.45. The fourth-order valence-corrected chi connectivity index (χ4v) is 5.51. The molecule has 2 aliphatic heterocycles. The minimum Gasteiger partial charge on any atom is -0.338 e. The average Bonchev–Trinajstić information content (AvgIpc) is 2.84. The molecule has 0 aromatic carbocycles. The van der Waals surface area contributed by atoms with Crippen LogP contribution in [0.5, 0.6) is 0 Å². The van der Waals surface area contributed by atoms with E-state index in [1.54, 1.807) is 11.7 Å². The summed E-state index contributed by atoms with van der Waals surface area (Å²) in [5.41, 5.74) is 0.367. The first-order chi connectivity index (χ1) is 12.1. The van der Waals surface area contributed by atoms with Crippen LogP contribution in [0.2, 0.25) is 0 Å². The van der Waals surface area contributed by atoms with Gasteiger partial charge in [0.1, 0.15) is 18.3 Å². The zero-order valence-electron chi connectivity index (χ0n) is 14.5. The molecule has 7 nitrogen and oxygen atoms in total. The molecule has 2 saturated heterocycles. The van der Waals surface area contributed by atoms with Crippen molar-refractivity contribution in [3.63, 3.8) is 0 Å². The number of rotatable bonds is 2. The Kier molecular flexibility index (Phi) is 3.27. The highest BCUT2D eigenvalue weighted by Gasteiger charge is 2.43. The summed E-state index contributed by atoms with van der Waals surface area (Å²) in [7, 11) is 1.76. The molecular formula is C18H23N5O2. The van der Waals surface area contributed by atoms with Crippen LogP contribution in [0.3, 0.4) is 0 Å². The Bertz CT molecular complexity index is 886. The fourth-order valence-electron chi connectivity index (χ4n) is 5.51. The standard InChI is InChI=1S/C18H23N5O2/c1-21-17-15(7-20-21)18(25)22(10-19-17)9-16(24)23-8-13-3-11-2-12(4-13)6-14(23)5-11/h7,10-14H,2-6,8-9H2,1H3. The lowest BCUT2D eigenvalue weighted by Gasteiger charge is -2.39. The van der Waals surface area contributed by atoms with Crippen LogP contribution in [0.4, 0.5) is 0 Å². The zero-order chi connectivity index (χ0) is 17.1. The van der Waals surface area contributed by atoms with Crippen LogP contribution < -0.4 is 5.56 Å². The molecule has 6 rings (SSSR count). The topological polar surface area (TPSA) is 73.0 Å². The van der Waals surface area contributed by atoms with E-state index in [9.17, 15) is 9.59 Å². The molecule has 4 fully saturated rings. The lowest BCUT2D eigenvalue weighted by molar-refractivity contribution is -0.134.